The summed E-state index contributed by atoms with van der Waals surface area (Å²) in [6, 6.07) is 0. The van der Waals surface area contributed by atoms with E-state index in [4.69, 9.17) is 19.9 Å². The maximum absolute atomic E-state index is 12.5. The molecule has 25 heavy (non-hydrogen) atoms. The third kappa shape index (κ3) is 3.68. The van der Waals surface area contributed by atoms with Gasteiger partial charge in [0, 0.05) is 24.8 Å². The van der Waals surface area contributed by atoms with Crippen LogP contribution in [0.1, 0.15) is 45.2 Å². The molecule has 3 N–H and O–H groups in total. The molecule has 0 bridgehead atoms. The van der Waals surface area contributed by atoms with Gasteiger partial charge in [-0.1, -0.05) is 24.7 Å². The quantitative estimate of drug-likeness (QED) is 0.329. The number of nitrogens with one attached hydrogen (secondary N) is 1. The van der Waals surface area contributed by atoms with Gasteiger partial charge in [-0.25, -0.2) is 4.98 Å². The number of hydrogen-bond acceptors (Lipinski definition) is 7. The molecule has 0 aliphatic carbocycles. The highest BCUT2D eigenvalue weighted by atomic mass is 79.9. The molecule has 3 unspecified atom stereocenters. The molecule has 3 rings (SSSR count). The summed E-state index contributed by atoms with van der Waals surface area (Å²) in [5.74, 6) is -1.03. The summed E-state index contributed by atoms with van der Waals surface area (Å²) in [4.78, 5) is 27.9. The number of nitrogen functional groups attached to an aromatic ring is 1. The van der Waals surface area contributed by atoms with E-state index in [1.807, 2.05) is 5.38 Å². The number of ether oxygens (including phenoxy) is 3. The summed E-state index contributed by atoms with van der Waals surface area (Å²) in [5, 5.41) is 2.34. The van der Waals surface area contributed by atoms with E-state index in [9.17, 15) is 9.59 Å². The van der Waals surface area contributed by atoms with Gasteiger partial charge in [0.05, 0.1) is 6.61 Å². The molecule has 7 nitrogen and oxygen atoms in total. The van der Waals surface area contributed by atoms with Crippen LogP contribution < -0.4 is 27.7 Å². The fourth-order valence-electron chi connectivity index (χ4n) is 3.35. The molecule has 3 heterocycles. The second kappa shape index (κ2) is 7.59. The zero-order valence-electron chi connectivity index (χ0n) is 14.3. The number of aromatic amines is 1. The van der Waals surface area contributed by atoms with Crippen LogP contribution in [-0.4, -0.2) is 31.3 Å². The van der Waals surface area contributed by atoms with Crippen molar-refractivity contribution >= 4 is 28.4 Å². The summed E-state index contributed by atoms with van der Waals surface area (Å²) in [6.07, 6.45) is 2.14. The van der Waals surface area contributed by atoms with Crippen molar-refractivity contribution in [1.82, 2.24) is 0 Å². The molecule has 140 valence electrons. The van der Waals surface area contributed by atoms with Gasteiger partial charge in [-0.05, 0) is 13.3 Å². The molecule has 2 aliphatic rings. The van der Waals surface area contributed by atoms with Crippen molar-refractivity contribution in [2.75, 3.05) is 18.9 Å². The summed E-state index contributed by atoms with van der Waals surface area (Å²) < 4.78 is 16.5. The van der Waals surface area contributed by atoms with Crippen molar-refractivity contribution in [3.05, 3.63) is 11.1 Å². The van der Waals surface area contributed by atoms with Crippen LogP contribution in [0.25, 0.3) is 0 Å². The van der Waals surface area contributed by atoms with E-state index in [1.165, 1.54) is 11.3 Å². The molecule has 2 saturated heterocycles. The standard InChI is InChI=1S/C16H22N2O5S.BrH/c1-3-4-5-21-7-10-6-16(12(19)22-10)9-15(2,23-13(16)20)11-8-24-14(17)18-11;/h8,10H,3-7,9H2,1-2H3,(H2,17,18);1H. The maximum Gasteiger partial charge on any atom is 0.329 e. The average molecular weight is 435 g/mol. The highest BCUT2D eigenvalue weighted by Gasteiger charge is 2.66. The Morgan fingerprint density at radius 1 is 1.44 bits per heavy atom. The van der Waals surface area contributed by atoms with Gasteiger partial charge in [0.15, 0.2) is 16.7 Å². The fraction of sp³-hybridized carbons (Fsp3) is 0.688. The molecular formula is C16H23BrN2O5S. The minimum Gasteiger partial charge on any atom is -1.00 e. The number of carbonyl (C=O) groups is 2. The first-order valence-electron chi connectivity index (χ1n) is 8.19. The number of halogens is 1. The minimum absolute atomic E-state index is 0. The van der Waals surface area contributed by atoms with E-state index in [2.05, 4.69) is 11.9 Å². The number of H-pyrrole nitrogens is 1. The Bertz CT molecular complexity index is 654. The average Bonchev–Trinajstić information content (AvgIpc) is 3.16. The molecule has 0 saturated carbocycles. The predicted octanol–water partition coefficient (Wildman–Crippen LogP) is -1.57. The van der Waals surface area contributed by atoms with Crippen LogP contribution >= 0.6 is 11.3 Å². The van der Waals surface area contributed by atoms with Crippen molar-refractivity contribution in [3.63, 3.8) is 0 Å². The Morgan fingerprint density at radius 3 is 2.84 bits per heavy atom. The van der Waals surface area contributed by atoms with Crippen molar-refractivity contribution in [1.29, 1.82) is 0 Å². The van der Waals surface area contributed by atoms with Gasteiger partial charge < -0.3 is 31.2 Å². The second-order valence-corrected chi connectivity index (χ2v) is 7.59. The molecule has 2 fully saturated rings. The van der Waals surface area contributed by atoms with Crippen LogP contribution in [-0.2, 0) is 29.4 Å². The number of hydrogen-bond donors (Lipinski definition) is 1. The Morgan fingerprint density at radius 2 is 2.20 bits per heavy atom. The Hall–Kier alpha value is -1.19. The fourth-order valence-corrected chi connectivity index (χ4v) is 4.07. The predicted molar refractivity (Wildman–Crippen MR) is 86.0 cm³/mol. The number of nitrogens with two attached hydrogens (primary N) is 1. The number of esters is 2. The van der Waals surface area contributed by atoms with Crippen molar-refractivity contribution in [2.24, 2.45) is 5.41 Å². The third-order valence-electron chi connectivity index (χ3n) is 4.67. The van der Waals surface area contributed by atoms with Gasteiger partial charge >= 0.3 is 17.1 Å². The second-order valence-electron chi connectivity index (χ2n) is 6.68. The lowest BCUT2D eigenvalue weighted by Gasteiger charge is -2.18. The number of anilines is 1. The lowest BCUT2D eigenvalue weighted by atomic mass is 9.78. The van der Waals surface area contributed by atoms with Gasteiger partial charge in [-0.15, -0.1) is 0 Å². The first-order valence-corrected chi connectivity index (χ1v) is 9.06. The number of unbranched alkanes of at least 4 members (excludes halogenated alkanes) is 1. The summed E-state index contributed by atoms with van der Waals surface area (Å²) in [7, 11) is 0. The smallest absolute Gasteiger partial charge is 0.329 e. The molecule has 2 aliphatic heterocycles. The van der Waals surface area contributed by atoms with Gasteiger partial charge in [0.1, 0.15) is 6.10 Å². The number of thiazole rings is 1. The molecule has 1 aromatic rings. The lowest BCUT2D eigenvalue weighted by Crippen LogP contribution is -3.00. The van der Waals surface area contributed by atoms with Gasteiger partial charge in [0.25, 0.3) is 0 Å². The van der Waals surface area contributed by atoms with Crippen LogP contribution in [0.15, 0.2) is 5.38 Å². The molecular weight excluding hydrogens is 412 g/mol. The summed E-state index contributed by atoms with van der Waals surface area (Å²) in [5.41, 5.74) is 4.29. The first-order chi connectivity index (χ1) is 11.4. The van der Waals surface area contributed by atoms with Crippen LogP contribution in [0.3, 0.4) is 0 Å². The van der Waals surface area contributed by atoms with Crippen molar-refractivity contribution in [2.45, 2.75) is 51.2 Å². The Balaban J connectivity index is 0.00000225. The number of cyclic esters (lactones) is 2. The highest BCUT2D eigenvalue weighted by molar-refractivity contribution is 7.13. The SMILES string of the molecule is CCCCOCC1CC2(CC(C)(c3csc(N)[nH+]3)OC2=O)C(=O)O1.[Br-]. The maximum atomic E-state index is 12.5. The molecule has 1 aromatic heterocycles. The molecule has 0 aromatic carbocycles. The molecule has 3 atom stereocenters. The number of rotatable bonds is 6. The van der Waals surface area contributed by atoms with Crippen LogP contribution in [0.4, 0.5) is 5.13 Å². The van der Waals surface area contributed by atoms with Gasteiger partial charge in [0.2, 0.25) is 0 Å². The van der Waals surface area contributed by atoms with E-state index >= 15 is 0 Å². The van der Waals surface area contributed by atoms with E-state index in [0.29, 0.717) is 30.5 Å². The van der Waals surface area contributed by atoms with Gasteiger partial charge in [-0.2, -0.15) is 0 Å². The lowest BCUT2D eigenvalue weighted by molar-refractivity contribution is -0.384. The van der Waals surface area contributed by atoms with E-state index in [0.717, 1.165) is 12.8 Å². The van der Waals surface area contributed by atoms with E-state index in [-0.39, 0.29) is 23.4 Å². The van der Waals surface area contributed by atoms with Crippen LogP contribution in [0.2, 0.25) is 0 Å². The molecule has 0 amide bonds. The largest absolute Gasteiger partial charge is 1.00 e. The zero-order valence-corrected chi connectivity index (χ0v) is 16.7. The Kier molecular flexibility index (Phi) is 6.11. The van der Waals surface area contributed by atoms with Gasteiger partial charge in [-0.3, -0.25) is 15.3 Å². The van der Waals surface area contributed by atoms with Crippen LogP contribution in [0, 0.1) is 5.41 Å². The van der Waals surface area contributed by atoms with Crippen molar-refractivity contribution in [3.8, 4) is 0 Å². The monoisotopic (exact) mass is 434 g/mol. The van der Waals surface area contributed by atoms with Crippen molar-refractivity contribution < 1.29 is 45.8 Å². The number of aromatic nitrogens is 1. The molecule has 1 spiro atoms. The Labute approximate surface area is 161 Å². The minimum atomic E-state index is -1.24. The van der Waals surface area contributed by atoms with E-state index < -0.39 is 29.1 Å². The van der Waals surface area contributed by atoms with E-state index in [1.54, 1.807) is 6.92 Å². The first kappa shape index (κ1) is 20.1. The topological polar surface area (TPSA) is 102 Å². The third-order valence-corrected chi connectivity index (χ3v) is 5.38. The van der Waals surface area contributed by atoms with Crippen LogP contribution in [0.5, 0.6) is 0 Å². The molecule has 9 heteroatoms. The summed E-state index contributed by atoms with van der Waals surface area (Å²) >= 11 is 1.33. The zero-order chi connectivity index (χ0) is 17.4. The normalized spacial score (nSPS) is 31.0. The summed E-state index contributed by atoms with van der Waals surface area (Å²) in [6.45, 7) is 4.81. The highest BCUT2D eigenvalue weighted by Crippen LogP contribution is 2.52. The molecule has 0 radical (unpaired) electrons. The number of carbonyl (C=O) groups excluding carboxylic acids is 2.